The molecule has 0 aliphatic carbocycles. The van der Waals surface area contributed by atoms with Gasteiger partial charge in [0.25, 0.3) is 5.91 Å². The molecular formula is C25H22N2O. The van der Waals surface area contributed by atoms with Crippen LogP contribution in [0.15, 0.2) is 78.9 Å². The molecule has 138 valence electrons. The van der Waals surface area contributed by atoms with Gasteiger partial charge in [0.15, 0.2) is 0 Å². The number of anilines is 1. The van der Waals surface area contributed by atoms with Crippen LogP contribution in [0.4, 0.5) is 5.69 Å². The van der Waals surface area contributed by atoms with Crippen LogP contribution < -0.4 is 5.32 Å². The number of pyridine rings is 1. The molecule has 1 aromatic heterocycles. The van der Waals surface area contributed by atoms with Crippen molar-refractivity contribution < 1.29 is 4.79 Å². The molecule has 4 rings (SSSR count). The summed E-state index contributed by atoms with van der Waals surface area (Å²) in [4.78, 5) is 17.9. The number of hydrogen-bond donors (Lipinski definition) is 1. The minimum absolute atomic E-state index is 0.124. The van der Waals surface area contributed by atoms with Crippen LogP contribution in [0.2, 0.25) is 0 Å². The van der Waals surface area contributed by atoms with E-state index < -0.39 is 0 Å². The summed E-state index contributed by atoms with van der Waals surface area (Å²) >= 11 is 0. The number of nitrogens with one attached hydrogen (secondary N) is 1. The SMILES string of the molecule is CCc1cccc(NC(=O)c2cc(-c3cccc(C)c3)nc3ccccc23)c1. The van der Waals surface area contributed by atoms with Crippen LogP contribution in [0.25, 0.3) is 22.2 Å². The van der Waals surface area contributed by atoms with Gasteiger partial charge in [-0.05, 0) is 49.2 Å². The zero-order valence-electron chi connectivity index (χ0n) is 16.1. The third-order valence-corrected chi connectivity index (χ3v) is 4.87. The van der Waals surface area contributed by atoms with Crippen molar-refractivity contribution in [2.75, 3.05) is 5.32 Å². The van der Waals surface area contributed by atoms with E-state index in [1.165, 1.54) is 5.56 Å². The summed E-state index contributed by atoms with van der Waals surface area (Å²) in [6.45, 7) is 4.16. The average molecular weight is 366 g/mol. The maximum Gasteiger partial charge on any atom is 0.256 e. The number of aromatic nitrogens is 1. The van der Waals surface area contributed by atoms with Gasteiger partial charge in [0, 0.05) is 16.6 Å². The first-order valence-electron chi connectivity index (χ1n) is 9.51. The molecule has 0 radical (unpaired) electrons. The molecule has 3 aromatic carbocycles. The minimum Gasteiger partial charge on any atom is -0.322 e. The highest BCUT2D eigenvalue weighted by Gasteiger charge is 2.14. The maximum absolute atomic E-state index is 13.1. The van der Waals surface area contributed by atoms with Gasteiger partial charge in [-0.25, -0.2) is 4.98 Å². The second-order valence-electron chi connectivity index (χ2n) is 6.95. The van der Waals surface area contributed by atoms with E-state index in [0.29, 0.717) is 5.56 Å². The number of carbonyl (C=O) groups excluding carboxylic acids is 1. The molecule has 0 aliphatic heterocycles. The first-order valence-corrected chi connectivity index (χ1v) is 9.51. The topological polar surface area (TPSA) is 42.0 Å². The molecule has 0 aliphatic rings. The van der Waals surface area contributed by atoms with Crippen LogP contribution >= 0.6 is 0 Å². The van der Waals surface area contributed by atoms with Gasteiger partial charge in [0.1, 0.15) is 0 Å². The highest BCUT2D eigenvalue weighted by atomic mass is 16.1. The zero-order chi connectivity index (χ0) is 19.5. The maximum atomic E-state index is 13.1. The number of hydrogen-bond acceptors (Lipinski definition) is 2. The number of carbonyl (C=O) groups is 1. The van der Waals surface area contributed by atoms with Gasteiger partial charge in [0.2, 0.25) is 0 Å². The van der Waals surface area contributed by atoms with Gasteiger partial charge < -0.3 is 5.32 Å². The van der Waals surface area contributed by atoms with Gasteiger partial charge in [0.05, 0.1) is 16.8 Å². The number of fused-ring (bicyclic) bond motifs is 1. The third kappa shape index (κ3) is 3.65. The number of nitrogens with zero attached hydrogens (tertiary/aromatic N) is 1. The monoisotopic (exact) mass is 366 g/mol. The summed E-state index contributed by atoms with van der Waals surface area (Å²) in [6, 6.07) is 25.8. The normalized spacial score (nSPS) is 10.8. The minimum atomic E-state index is -0.124. The lowest BCUT2D eigenvalue weighted by atomic mass is 10.0. The number of rotatable bonds is 4. The Morgan fingerprint density at radius 3 is 2.57 bits per heavy atom. The van der Waals surface area contributed by atoms with Crippen molar-refractivity contribution in [1.82, 2.24) is 4.98 Å². The lowest BCUT2D eigenvalue weighted by Gasteiger charge is -2.11. The Morgan fingerprint density at radius 1 is 0.929 bits per heavy atom. The van der Waals surface area contributed by atoms with E-state index in [9.17, 15) is 4.79 Å². The van der Waals surface area contributed by atoms with Crippen molar-refractivity contribution in [3.05, 3.63) is 95.6 Å². The summed E-state index contributed by atoms with van der Waals surface area (Å²) in [5.74, 6) is -0.124. The van der Waals surface area contributed by atoms with Crippen molar-refractivity contribution in [2.45, 2.75) is 20.3 Å². The van der Waals surface area contributed by atoms with Gasteiger partial charge in [-0.15, -0.1) is 0 Å². The van der Waals surface area contributed by atoms with Crippen LogP contribution in [0.3, 0.4) is 0 Å². The molecule has 3 heteroatoms. The Labute approximate surface area is 165 Å². The molecule has 1 N–H and O–H groups in total. The first kappa shape index (κ1) is 17.9. The van der Waals surface area contributed by atoms with Crippen LogP contribution in [-0.4, -0.2) is 10.9 Å². The van der Waals surface area contributed by atoms with Crippen molar-refractivity contribution in [3.63, 3.8) is 0 Å². The summed E-state index contributed by atoms with van der Waals surface area (Å²) < 4.78 is 0. The highest BCUT2D eigenvalue weighted by molar-refractivity contribution is 6.13. The molecule has 28 heavy (non-hydrogen) atoms. The highest BCUT2D eigenvalue weighted by Crippen LogP contribution is 2.26. The lowest BCUT2D eigenvalue weighted by Crippen LogP contribution is -2.13. The fourth-order valence-electron chi connectivity index (χ4n) is 3.38. The van der Waals surface area contributed by atoms with Crippen LogP contribution in [-0.2, 0) is 6.42 Å². The molecule has 0 bridgehead atoms. The van der Waals surface area contributed by atoms with Gasteiger partial charge >= 0.3 is 0 Å². The molecule has 0 spiro atoms. The Hall–Kier alpha value is -3.46. The number of benzene rings is 3. The van der Waals surface area contributed by atoms with E-state index in [1.807, 2.05) is 60.7 Å². The van der Waals surface area contributed by atoms with Gasteiger partial charge in [-0.3, -0.25) is 4.79 Å². The van der Waals surface area contributed by atoms with E-state index >= 15 is 0 Å². The van der Waals surface area contributed by atoms with Crippen LogP contribution in [0.1, 0.15) is 28.4 Å². The van der Waals surface area contributed by atoms with Gasteiger partial charge in [-0.1, -0.05) is 61.0 Å². The average Bonchev–Trinajstić information content (AvgIpc) is 2.73. The van der Waals surface area contributed by atoms with Crippen molar-refractivity contribution in [2.24, 2.45) is 0 Å². The van der Waals surface area contributed by atoms with Crippen LogP contribution in [0, 0.1) is 6.92 Å². The Kier molecular flexibility index (Phi) is 4.90. The standard InChI is InChI=1S/C25H22N2O/c1-3-18-9-7-11-20(15-18)26-25(28)22-16-24(19-10-6-8-17(2)14-19)27-23-13-5-4-12-21(22)23/h4-16H,3H2,1-2H3,(H,26,28). The summed E-state index contributed by atoms with van der Waals surface area (Å²) in [7, 11) is 0. The van der Waals surface area contributed by atoms with E-state index in [-0.39, 0.29) is 5.91 Å². The molecule has 0 saturated carbocycles. The number of aryl methyl sites for hydroxylation is 2. The van der Waals surface area contributed by atoms with Crippen molar-refractivity contribution in [3.8, 4) is 11.3 Å². The van der Waals surface area contributed by atoms with E-state index in [2.05, 4.69) is 37.4 Å². The molecule has 1 heterocycles. The summed E-state index contributed by atoms with van der Waals surface area (Å²) in [6.07, 6.45) is 0.930. The van der Waals surface area contributed by atoms with Crippen molar-refractivity contribution in [1.29, 1.82) is 0 Å². The Bertz CT molecular complexity index is 1160. The quantitative estimate of drug-likeness (QED) is 0.479. The first-order chi connectivity index (χ1) is 13.6. The number of amides is 1. The molecule has 0 unspecified atom stereocenters. The van der Waals surface area contributed by atoms with E-state index in [1.54, 1.807) is 0 Å². The molecule has 0 fully saturated rings. The molecule has 1 amide bonds. The largest absolute Gasteiger partial charge is 0.322 e. The molecular weight excluding hydrogens is 344 g/mol. The zero-order valence-corrected chi connectivity index (χ0v) is 16.1. The fraction of sp³-hybridized carbons (Fsp3) is 0.120. The van der Waals surface area contributed by atoms with E-state index in [4.69, 9.17) is 4.98 Å². The Balaban J connectivity index is 1.79. The summed E-state index contributed by atoms with van der Waals surface area (Å²) in [5.41, 5.74) is 6.41. The third-order valence-electron chi connectivity index (χ3n) is 4.87. The number of para-hydroxylation sites is 1. The predicted octanol–water partition coefficient (Wildman–Crippen LogP) is 6.02. The molecule has 0 saturated heterocycles. The molecule has 0 atom stereocenters. The lowest BCUT2D eigenvalue weighted by molar-refractivity contribution is 0.102. The van der Waals surface area contributed by atoms with E-state index in [0.717, 1.165) is 39.8 Å². The summed E-state index contributed by atoms with van der Waals surface area (Å²) in [5, 5.41) is 3.90. The van der Waals surface area contributed by atoms with Gasteiger partial charge in [-0.2, -0.15) is 0 Å². The molecule has 4 aromatic rings. The predicted molar refractivity (Wildman–Crippen MR) is 116 cm³/mol. The van der Waals surface area contributed by atoms with Crippen LogP contribution in [0.5, 0.6) is 0 Å². The smallest absolute Gasteiger partial charge is 0.256 e. The fourth-order valence-corrected chi connectivity index (χ4v) is 3.38. The van der Waals surface area contributed by atoms with Crippen molar-refractivity contribution >= 4 is 22.5 Å². The second kappa shape index (κ2) is 7.65. The molecule has 3 nitrogen and oxygen atoms in total. The Morgan fingerprint density at radius 2 is 1.75 bits per heavy atom. The second-order valence-corrected chi connectivity index (χ2v) is 6.95.